The van der Waals surface area contributed by atoms with Crippen molar-refractivity contribution in [3.05, 3.63) is 47.5 Å². The third-order valence-corrected chi connectivity index (χ3v) is 6.19. The van der Waals surface area contributed by atoms with Gasteiger partial charge in [0.2, 0.25) is 10.0 Å². The number of anilines is 1. The number of hydrogen-bond acceptors (Lipinski definition) is 7. The van der Waals surface area contributed by atoms with Crippen LogP contribution in [0, 0.1) is 5.92 Å². The topological polar surface area (TPSA) is 120 Å². The van der Waals surface area contributed by atoms with Crippen molar-refractivity contribution in [2.24, 2.45) is 5.92 Å². The Morgan fingerprint density at radius 3 is 2.38 bits per heavy atom. The van der Waals surface area contributed by atoms with Crippen LogP contribution in [0.1, 0.15) is 13.8 Å². The Kier molecular flexibility index (Phi) is 7.60. The van der Waals surface area contributed by atoms with Gasteiger partial charge in [-0.25, -0.2) is 8.42 Å². The van der Waals surface area contributed by atoms with Gasteiger partial charge in [-0.15, -0.1) is 0 Å². The van der Waals surface area contributed by atoms with Gasteiger partial charge in [-0.2, -0.15) is 4.72 Å². The average Bonchev–Trinajstić information content (AvgIpc) is 2.77. The lowest BCUT2D eigenvalue weighted by Crippen LogP contribution is -2.45. The number of hydrogen-bond donors (Lipinski definition) is 2. The molecule has 0 saturated heterocycles. The highest BCUT2D eigenvalue weighted by molar-refractivity contribution is 7.89. The van der Waals surface area contributed by atoms with Crippen molar-refractivity contribution >= 4 is 39.2 Å². The molecule has 1 aliphatic heterocycles. The summed E-state index contributed by atoms with van der Waals surface area (Å²) in [5.74, 6) is -1.12. The zero-order valence-corrected chi connectivity index (χ0v) is 19.0. The van der Waals surface area contributed by atoms with Crippen LogP contribution in [0.2, 0.25) is 5.02 Å². The molecular formula is C21H23ClN2O7S. The summed E-state index contributed by atoms with van der Waals surface area (Å²) < 4.78 is 43.9. The summed E-state index contributed by atoms with van der Waals surface area (Å²) in [6, 6.07) is 9.39. The molecule has 1 atom stereocenters. The molecule has 9 nitrogen and oxygen atoms in total. The monoisotopic (exact) mass is 482 g/mol. The van der Waals surface area contributed by atoms with Gasteiger partial charge in [0.25, 0.3) is 5.91 Å². The maximum Gasteiger partial charge on any atom is 0.324 e. The second-order valence-electron chi connectivity index (χ2n) is 7.31. The lowest BCUT2D eigenvalue weighted by atomic mass is 10.1. The molecule has 3 rings (SSSR count). The Balaban J connectivity index is 1.63. The molecule has 32 heavy (non-hydrogen) atoms. The predicted molar refractivity (Wildman–Crippen MR) is 117 cm³/mol. The second kappa shape index (κ2) is 10.2. The molecule has 2 aromatic rings. The normalized spacial score (nSPS) is 14.0. The van der Waals surface area contributed by atoms with E-state index >= 15 is 0 Å². The summed E-state index contributed by atoms with van der Waals surface area (Å²) in [6.45, 7) is 3.43. The van der Waals surface area contributed by atoms with Gasteiger partial charge in [-0.1, -0.05) is 25.4 Å². The number of carbonyl (C=O) groups excluding carboxylic acids is 2. The van der Waals surface area contributed by atoms with Crippen LogP contribution in [0.3, 0.4) is 0 Å². The van der Waals surface area contributed by atoms with Crippen molar-refractivity contribution in [2.75, 3.05) is 25.1 Å². The van der Waals surface area contributed by atoms with E-state index in [9.17, 15) is 18.0 Å². The molecule has 2 aromatic carbocycles. The van der Waals surface area contributed by atoms with Crippen LogP contribution in [0.4, 0.5) is 5.69 Å². The van der Waals surface area contributed by atoms with E-state index in [1.54, 1.807) is 38.1 Å². The number of sulfonamides is 1. The minimum Gasteiger partial charge on any atom is -0.486 e. The van der Waals surface area contributed by atoms with Crippen molar-refractivity contribution in [3.63, 3.8) is 0 Å². The zero-order chi connectivity index (χ0) is 23.3. The Bertz CT molecular complexity index is 1090. The van der Waals surface area contributed by atoms with Crippen LogP contribution in [-0.4, -0.2) is 46.2 Å². The highest BCUT2D eigenvalue weighted by Gasteiger charge is 2.31. The third-order valence-electron chi connectivity index (χ3n) is 4.50. The molecule has 0 aromatic heterocycles. The number of nitrogens with one attached hydrogen (secondary N) is 2. The van der Waals surface area contributed by atoms with E-state index < -0.39 is 40.5 Å². The maximum absolute atomic E-state index is 12.8. The molecule has 0 aliphatic carbocycles. The molecule has 1 aliphatic rings. The first kappa shape index (κ1) is 23.8. The molecule has 0 unspecified atom stereocenters. The summed E-state index contributed by atoms with van der Waals surface area (Å²) in [5.41, 5.74) is 0.482. The molecule has 1 amide bonds. The smallest absolute Gasteiger partial charge is 0.324 e. The standard InChI is InChI=1S/C21H23ClN2O7S/c1-13(2)20(21(26)31-12-19(25)23-15-5-3-14(22)4-6-15)24-32(27,28)16-7-8-17-18(11-16)30-10-9-29-17/h3-8,11,13,20,24H,9-10,12H2,1-2H3,(H,23,25)/t20-/m0/s1. The summed E-state index contributed by atoms with van der Waals surface area (Å²) in [6.07, 6.45) is 0. The van der Waals surface area contributed by atoms with E-state index in [-0.39, 0.29) is 4.90 Å². The number of carbonyl (C=O) groups is 2. The van der Waals surface area contributed by atoms with Gasteiger partial charge in [-0.3, -0.25) is 9.59 Å². The van der Waals surface area contributed by atoms with Gasteiger partial charge < -0.3 is 19.5 Å². The fraction of sp³-hybridized carbons (Fsp3) is 0.333. The molecule has 0 fully saturated rings. The van der Waals surface area contributed by atoms with Gasteiger partial charge in [0, 0.05) is 16.8 Å². The quantitative estimate of drug-likeness (QED) is 0.555. The van der Waals surface area contributed by atoms with E-state index in [0.29, 0.717) is 35.4 Å². The van der Waals surface area contributed by atoms with E-state index in [1.807, 2.05) is 0 Å². The molecule has 0 saturated carbocycles. The summed E-state index contributed by atoms with van der Waals surface area (Å²) >= 11 is 5.80. The van der Waals surface area contributed by atoms with E-state index in [4.69, 9.17) is 25.8 Å². The average molecular weight is 483 g/mol. The van der Waals surface area contributed by atoms with Crippen molar-refractivity contribution < 1.29 is 32.2 Å². The number of fused-ring (bicyclic) bond motifs is 1. The first-order valence-electron chi connectivity index (χ1n) is 9.80. The zero-order valence-electron chi connectivity index (χ0n) is 17.5. The van der Waals surface area contributed by atoms with E-state index in [2.05, 4.69) is 10.0 Å². The number of ether oxygens (including phenoxy) is 3. The number of amides is 1. The molecule has 11 heteroatoms. The summed E-state index contributed by atoms with van der Waals surface area (Å²) in [4.78, 5) is 24.5. The van der Waals surface area contributed by atoms with Gasteiger partial charge in [0.15, 0.2) is 18.1 Å². The molecule has 2 N–H and O–H groups in total. The summed E-state index contributed by atoms with van der Waals surface area (Å²) in [7, 11) is -4.07. The number of rotatable bonds is 8. The Hall–Kier alpha value is -2.82. The maximum atomic E-state index is 12.8. The van der Waals surface area contributed by atoms with Crippen LogP contribution >= 0.6 is 11.6 Å². The highest BCUT2D eigenvalue weighted by atomic mass is 35.5. The minimum absolute atomic E-state index is 0.0827. The lowest BCUT2D eigenvalue weighted by Gasteiger charge is -2.22. The fourth-order valence-electron chi connectivity index (χ4n) is 2.84. The first-order valence-corrected chi connectivity index (χ1v) is 11.7. The van der Waals surface area contributed by atoms with Crippen molar-refractivity contribution in [1.82, 2.24) is 4.72 Å². The van der Waals surface area contributed by atoms with Crippen molar-refractivity contribution in [2.45, 2.75) is 24.8 Å². The van der Waals surface area contributed by atoms with Crippen LogP contribution in [0.25, 0.3) is 0 Å². The molecule has 0 spiro atoms. The van der Waals surface area contributed by atoms with Gasteiger partial charge in [0.05, 0.1) is 4.90 Å². The number of halogens is 1. The molecular weight excluding hydrogens is 460 g/mol. The van der Waals surface area contributed by atoms with Gasteiger partial charge in [0.1, 0.15) is 19.3 Å². The number of benzene rings is 2. The third kappa shape index (κ3) is 6.12. The van der Waals surface area contributed by atoms with Crippen LogP contribution in [0.15, 0.2) is 47.4 Å². The SMILES string of the molecule is CC(C)[C@H](NS(=O)(=O)c1ccc2c(c1)OCCO2)C(=O)OCC(=O)Nc1ccc(Cl)cc1. The van der Waals surface area contributed by atoms with Gasteiger partial charge >= 0.3 is 5.97 Å². The molecule has 0 radical (unpaired) electrons. The molecule has 1 heterocycles. The predicted octanol–water partition coefficient (Wildman–Crippen LogP) is 2.60. The van der Waals surface area contributed by atoms with Crippen LogP contribution in [-0.2, 0) is 24.3 Å². The van der Waals surface area contributed by atoms with E-state index in [1.165, 1.54) is 18.2 Å². The van der Waals surface area contributed by atoms with Gasteiger partial charge in [-0.05, 0) is 42.3 Å². The largest absolute Gasteiger partial charge is 0.486 e. The van der Waals surface area contributed by atoms with Crippen LogP contribution in [0.5, 0.6) is 11.5 Å². The van der Waals surface area contributed by atoms with Crippen molar-refractivity contribution in [3.8, 4) is 11.5 Å². The Labute approximate surface area is 191 Å². The highest BCUT2D eigenvalue weighted by Crippen LogP contribution is 2.32. The lowest BCUT2D eigenvalue weighted by molar-refractivity contribution is -0.150. The first-order chi connectivity index (χ1) is 15.2. The Morgan fingerprint density at radius 2 is 1.72 bits per heavy atom. The number of esters is 1. The molecule has 172 valence electrons. The Morgan fingerprint density at radius 1 is 1.06 bits per heavy atom. The fourth-order valence-corrected chi connectivity index (χ4v) is 4.31. The second-order valence-corrected chi connectivity index (χ2v) is 9.46. The van der Waals surface area contributed by atoms with Crippen LogP contribution < -0.4 is 19.5 Å². The minimum atomic E-state index is -4.07. The summed E-state index contributed by atoms with van der Waals surface area (Å²) in [5, 5.41) is 3.07. The van der Waals surface area contributed by atoms with E-state index in [0.717, 1.165) is 0 Å². The van der Waals surface area contributed by atoms with Crippen molar-refractivity contribution in [1.29, 1.82) is 0 Å². The molecule has 0 bridgehead atoms.